The first-order chi connectivity index (χ1) is 11.7. The Bertz CT molecular complexity index is 703. The first kappa shape index (κ1) is 16.3. The number of urea groups is 1. The molecule has 0 bridgehead atoms. The molecule has 24 heavy (non-hydrogen) atoms. The van der Waals surface area contributed by atoms with E-state index in [9.17, 15) is 4.79 Å². The van der Waals surface area contributed by atoms with Gasteiger partial charge in [-0.15, -0.1) is 0 Å². The molecular weight excluding hydrogens is 302 g/mol. The fraction of sp³-hybridized carbons (Fsp3) is 0.368. The monoisotopic (exact) mass is 325 g/mol. The van der Waals surface area contributed by atoms with Crippen LogP contribution in [0.15, 0.2) is 42.6 Å². The number of aromatic nitrogens is 1. The minimum absolute atomic E-state index is 0.0550. The molecule has 1 aromatic carbocycles. The van der Waals surface area contributed by atoms with Gasteiger partial charge in [0.05, 0.1) is 18.3 Å². The Kier molecular flexibility index (Phi) is 4.99. The highest BCUT2D eigenvalue weighted by Crippen LogP contribution is 2.24. The van der Waals surface area contributed by atoms with Gasteiger partial charge in [-0.3, -0.25) is 4.98 Å². The number of fused-ring (bicyclic) bond motifs is 1. The van der Waals surface area contributed by atoms with Crippen molar-refractivity contribution in [3.63, 3.8) is 0 Å². The van der Waals surface area contributed by atoms with E-state index in [0.717, 1.165) is 30.0 Å². The first-order valence-electron chi connectivity index (χ1n) is 8.38. The Morgan fingerprint density at radius 1 is 1.33 bits per heavy atom. The Morgan fingerprint density at radius 2 is 2.21 bits per heavy atom. The van der Waals surface area contributed by atoms with Crippen LogP contribution in [-0.4, -0.2) is 29.1 Å². The van der Waals surface area contributed by atoms with E-state index in [-0.39, 0.29) is 12.1 Å². The third-order valence-corrected chi connectivity index (χ3v) is 4.26. The van der Waals surface area contributed by atoms with Crippen molar-refractivity contribution in [1.82, 2.24) is 15.2 Å². The number of rotatable bonds is 4. The summed E-state index contributed by atoms with van der Waals surface area (Å²) in [6.07, 6.45) is 2.61. The van der Waals surface area contributed by atoms with E-state index in [4.69, 9.17) is 4.74 Å². The van der Waals surface area contributed by atoms with E-state index in [1.807, 2.05) is 49.1 Å². The maximum absolute atomic E-state index is 12.6. The number of carbonyl (C=O) groups is 1. The van der Waals surface area contributed by atoms with E-state index < -0.39 is 0 Å². The fourth-order valence-electron chi connectivity index (χ4n) is 2.95. The zero-order valence-corrected chi connectivity index (χ0v) is 14.2. The molecule has 5 nitrogen and oxygen atoms in total. The molecule has 0 saturated carbocycles. The van der Waals surface area contributed by atoms with E-state index in [0.29, 0.717) is 13.2 Å². The predicted octanol–water partition coefficient (Wildman–Crippen LogP) is 3.31. The second kappa shape index (κ2) is 7.34. The van der Waals surface area contributed by atoms with E-state index in [2.05, 4.69) is 16.4 Å². The van der Waals surface area contributed by atoms with Gasteiger partial charge in [-0.2, -0.15) is 0 Å². The smallest absolute Gasteiger partial charge is 0.318 e. The maximum Gasteiger partial charge on any atom is 0.318 e. The average Bonchev–Trinajstić information content (AvgIpc) is 2.62. The lowest BCUT2D eigenvalue weighted by Crippen LogP contribution is -2.43. The number of amides is 2. The normalized spacial score (nSPS) is 14.7. The van der Waals surface area contributed by atoms with Gasteiger partial charge < -0.3 is 15.0 Å². The Labute approximate surface area is 142 Å². The Balaban J connectivity index is 1.66. The molecule has 1 aromatic heterocycles. The number of benzene rings is 1. The maximum atomic E-state index is 12.6. The average molecular weight is 325 g/mol. The van der Waals surface area contributed by atoms with Gasteiger partial charge in [0.25, 0.3) is 0 Å². The van der Waals surface area contributed by atoms with Crippen molar-refractivity contribution in [3.8, 4) is 5.75 Å². The summed E-state index contributed by atoms with van der Waals surface area (Å²) in [7, 11) is 0. The highest BCUT2D eigenvalue weighted by Gasteiger charge is 2.22. The fourth-order valence-corrected chi connectivity index (χ4v) is 2.95. The Hall–Kier alpha value is -2.56. The second-order valence-electron chi connectivity index (χ2n) is 5.96. The summed E-state index contributed by atoms with van der Waals surface area (Å²) in [5.74, 6) is 0.861. The minimum Gasteiger partial charge on any atom is -0.494 e. The molecule has 5 heteroatoms. The van der Waals surface area contributed by atoms with Crippen LogP contribution in [-0.2, 0) is 13.0 Å². The molecule has 0 fully saturated rings. The van der Waals surface area contributed by atoms with Crippen molar-refractivity contribution in [2.45, 2.75) is 32.9 Å². The molecule has 0 saturated heterocycles. The van der Waals surface area contributed by atoms with Crippen molar-refractivity contribution in [2.75, 3.05) is 13.2 Å². The topological polar surface area (TPSA) is 54.5 Å². The van der Waals surface area contributed by atoms with Gasteiger partial charge in [-0.25, -0.2) is 4.79 Å². The van der Waals surface area contributed by atoms with E-state index >= 15 is 0 Å². The highest BCUT2D eigenvalue weighted by atomic mass is 16.5. The van der Waals surface area contributed by atoms with Gasteiger partial charge in [0.1, 0.15) is 5.75 Å². The molecule has 0 unspecified atom stereocenters. The summed E-state index contributed by atoms with van der Waals surface area (Å²) in [6, 6.07) is 11.7. The molecule has 3 rings (SSSR count). The Morgan fingerprint density at radius 3 is 2.96 bits per heavy atom. The zero-order valence-electron chi connectivity index (χ0n) is 14.2. The number of nitrogens with one attached hydrogen (secondary N) is 1. The summed E-state index contributed by atoms with van der Waals surface area (Å²) >= 11 is 0. The number of hydrogen-bond acceptors (Lipinski definition) is 3. The number of hydrogen-bond donors (Lipinski definition) is 1. The van der Waals surface area contributed by atoms with E-state index in [1.165, 1.54) is 5.56 Å². The summed E-state index contributed by atoms with van der Waals surface area (Å²) in [4.78, 5) is 18.7. The number of ether oxygens (including phenoxy) is 1. The van der Waals surface area contributed by atoms with E-state index in [1.54, 1.807) is 6.20 Å². The lowest BCUT2D eigenvalue weighted by atomic mass is 9.99. The standard InChI is InChI=1S/C19H23N3O2/c1-3-24-17-8-7-15-9-11-22(13-16(15)12-17)19(23)21-14(2)18-6-4-5-10-20-18/h4-8,10,12,14H,3,9,11,13H2,1-2H3,(H,21,23)/t14-/m0/s1. The molecule has 1 atom stereocenters. The number of pyridine rings is 1. The van der Waals surface area contributed by atoms with Crippen LogP contribution in [0.5, 0.6) is 5.75 Å². The van der Waals surface area contributed by atoms with Crippen LogP contribution in [0, 0.1) is 0 Å². The summed E-state index contributed by atoms with van der Waals surface area (Å²) < 4.78 is 5.56. The molecule has 0 aliphatic carbocycles. The molecule has 1 aliphatic heterocycles. The van der Waals surface area contributed by atoms with Gasteiger partial charge in [-0.05, 0) is 55.7 Å². The summed E-state index contributed by atoms with van der Waals surface area (Å²) in [5, 5.41) is 3.03. The van der Waals surface area contributed by atoms with Crippen LogP contribution in [0.4, 0.5) is 4.79 Å². The zero-order chi connectivity index (χ0) is 16.9. The van der Waals surface area contributed by atoms with Crippen LogP contribution in [0.2, 0.25) is 0 Å². The first-order valence-corrected chi connectivity index (χ1v) is 8.38. The van der Waals surface area contributed by atoms with Crippen LogP contribution >= 0.6 is 0 Å². The van der Waals surface area contributed by atoms with Crippen molar-refractivity contribution < 1.29 is 9.53 Å². The predicted molar refractivity (Wildman–Crippen MR) is 92.9 cm³/mol. The second-order valence-corrected chi connectivity index (χ2v) is 5.96. The van der Waals surface area contributed by atoms with Crippen LogP contribution in [0.1, 0.15) is 36.7 Å². The molecule has 1 N–H and O–H groups in total. The van der Waals surface area contributed by atoms with Crippen molar-refractivity contribution >= 4 is 6.03 Å². The minimum atomic E-state index is -0.116. The SMILES string of the molecule is CCOc1ccc2c(c1)CN(C(=O)N[C@@H](C)c1ccccn1)CC2. The van der Waals surface area contributed by atoms with Gasteiger partial charge >= 0.3 is 6.03 Å². The number of nitrogens with zero attached hydrogens (tertiary/aromatic N) is 2. The van der Waals surface area contributed by atoms with Crippen LogP contribution in [0.3, 0.4) is 0 Å². The quantitative estimate of drug-likeness (QED) is 0.938. The summed E-state index contributed by atoms with van der Waals surface area (Å²) in [6.45, 7) is 5.90. The lowest BCUT2D eigenvalue weighted by molar-refractivity contribution is 0.188. The van der Waals surface area contributed by atoms with Crippen molar-refractivity contribution in [3.05, 3.63) is 59.4 Å². The van der Waals surface area contributed by atoms with Crippen LogP contribution in [0.25, 0.3) is 0 Å². The molecular formula is C19H23N3O2. The van der Waals surface area contributed by atoms with Crippen molar-refractivity contribution in [1.29, 1.82) is 0 Å². The molecule has 126 valence electrons. The van der Waals surface area contributed by atoms with Gasteiger partial charge in [0.2, 0.25) is 0 Å². The van der Waals surface area contributed by atoms with Crippen LogP contribution < -0.4 is 10.1 Å². The molecule has 0 radical (unpaired) electrons. The molecule has 2 amide bonds. The van der Waals surface area contributed by atoms with Crippen molar-refractivity contribution in [2.24, 2.45) is 0 Å². The number of carbonyl (C=O) groups excluding carboxylic acids is 1. The third kappa shape index (κ3) is 3.67. The van der Waals surface area contributed by atoms with Gasteiger partial charge in [0.15, 0.2) is 0 Å². The van der Waals surface area contributed by atoms with Gasteiger partial charge in [0, 0.05) is 19.3 Å². The summed E-state index contributed by atoms with van der Waals surface area (Å²) in [5.41, 5.74) is 3.31. The highest BCUT2D eigenvalue weighted by molar-refractivity contribution is 5.75. The largest absolute Gasteiger partial charge is 0.494 e. The van der Waals surface area contributed by atoms with Gasteiger partial charge in [-0.1, -0.05) is 12.1 Å². The molecule has 2 aromatic rings. The molecule has 0 spiro atoms. The third-order valence-electron chi connectivity index (χ3n) is 4.26. The lowest BCUT2D eigenvalue weighted by Gasteiger charge is -2.30. The molecule has 1 aliphatic rings. The molecule has 2 heterocycles.